The maximum Gasteiger partial charge on any atom is 0.410 e. The van der Waals surface area contributed by atoms with Crippen molar-refractivity contribution in [3.8, 4) is 28.0 Å². The molecule has 3 aliphatic heterocycles. The number of benzene rings is 4. The molecule has 61 heavy (non-hydrogen) atoms. The number of nitrogens with one attached hydrogen (secondary N) is 3. The number of rotatable bonds is 8. The molecule has 3 amide bonds. The monoisotopic (exact) mass is 827 g/mol. The van der Waals surface area contributed by atoms with Crippen LogP contribution in [0.2, 0.25) is 0 Å². The largest absolute Gasteiger partial charge is 0.488 e. The molecule has 0 spiro atoms. The van der Waals surface area contributed by atoms with Crippen molar-refractivity contribution in [2.75, 3.05) is 33.9 Å². The molecule has 9 rings (SSSR count). The Hall–Kier alpha value is -6.15. The highest BCUT2D eigenvalue weighted by molar-refractivity contribution is 6.07. The van der Waals surface area contributed by atoms with Gasteiger partial charge in [-0.15, -0.1) is 0 Å². The zero-order chi connectivity index (χ0) is 42.7. The summed E-state index contributed by atoms with van der Waals surface area (Å²) in [5.74, 6) is 2.20. The summed E-state index contributed by atoms with van der Waals surface area (Å²) in [5.41, 5.74) is 8.16. The summed E-state index contributed by atoms with van der Waals surface area (Å²) >= 11 is 0. The molecule has 2 aromatic heterocycles. The fourth-order valence-electron chi connectivity index (χ4n) is 9.27. The fourth-order valence-corrected chi connectivity index (χ4v) is 9.27. The first-order valence-electron chi connectivity index (χ1n) is 21.1. The summed E-state index contributed by atoms with van der Waals surface area (Å²) in [6, 6.07) is 19.9. The zero-order valence-corrected chi connectivity index (χ0v) is 35.8. The second kappa shape index (κ2) is 15.7. The number of amides is 3. The van der Waals surface area contributed by atoms with Gasteiger partial charge < -0.3 is 39.1 Å². The van der Waals surface area contributed by atoms with Crippen LogP contribution >= 0.6 is 0 Å². The Morgan fingerprint density at radius 3 is 2.43 bits per heavy atom. The highest BCUT2D eigenvalue weighted by Gasteiger charge is 2.41. The normalized spacial score (nSPS) is 19.3. The van der Waals surface area contributed by atoms with Gasteiger partial charge in [0.15, 0.2) is 0 Å². The van der Waals surface area contributed by atoms with Gasteiger partial charge in [-0.3, -0.25) is 9.69 Å². The molecule has 0 unspecified atom stereocenters. The van der Waals surface area contributed by atoms with E-state index in [-0.39, 0.29) is 35.9 Å². The highest BCUT2D eigenvalue weighted by Crippen LogP contribution is 2.44. The molecule has 0 bridgehead atoms. The van der Waals surface area contributed by atoms with Crippen molar-refractivity contribution in [3.63, 3.8) is 0 Å². The minimum atomic E-state index is -0.694. The smallest absolute Gasteiger partial charge is 0.410 e. The van der Waals surface area contributed by atoms with Crippen molar-refractivity contribution in [1.82, 2.24) is 35.1 Å². The van der Waals surface area contributed by atoms with Gasteiger partial charge in [-0.25, -0.2) is 19.6 Å². The molecule has 0 aliphatic carbocycles. The molecular weight excluding hydrogens is 775 g/mol. The van der Waals surface area contributed by atoms with E-state index in [1.807, 2.05) is 51.7 Å². The van der Waals surface area contributed by atoms with Crippen molar-refractivity contribution < 1.29 is 33.3 Å². The van der Waals surface area contributed by atoms with Crippen molar-refractivity contribution >= 4 is 50.9 Å². The fraction of sp³-hybridized carbons (Fsp3) is 0.426. The van der Waals surface area contributed by atoms with Crippen LogP contribution in [-0.2, 0) is 25.6 Å². The standard InChI is InChI=1S/C47H53N7O7/c1-25(2)40(52-45(56)59-7)44(55)53-16-8-9-37(53)42-48-34-14-11-28(20-36(34)50-42)27-10-13-31-30(18-27)24-60-39-21-32-29(19-33(31)39)12-15-35-41(32)51-43(49-35)38-17-26(23-58-6)22-54(38)46(57)61-47(3,4)5/h10-15,18-21,25-26,37-38,40H,8-9,16-17,22-24H2,1-7H3,(H,48,50)(H,49,51)(H,52,56)/t26-,37-,38-,40-/m0/s1. The maximum atomic E-state index is 13.7. The number of ether oxygens (including phenoxy) is 4. The molecular formula is C47H53N7O7. The summed E-state index contributed by atoms with van der Waals surface area (Å²) in [7, 11) is 2.98. The van der Waals surface area contributed by atoms with E-state index in [2.05, 4.69) is 63.8 Å². The number of hydrogen-bond acceptors (Lipinski definition) is 9. The predicted octanol–water partition coefficient (Wildman–Crippen LogP) is 8.81. The summed E-state index contributed by atoms with van der Waals surface area (Å²) in [6.45, 7) is 11.6. The van der Waals surface area contributed by atoms with E-state index in [9.17, 15) is 14.4 Å². The number of carbonyl (C=O) groups is 3. The number of H-pyrrole nitrogens is 2. The summed E-state index contributed by atoms with van der Waals surface area (Å²) in [6.07, 6.45) is 1.37. The van der Waals surface area contributed by atoms with Gasteiger partial charge >= 0.3 is 12.2 Å². The molecule has 3 aliphatic rings. The van der Waals surface area contributed by atoms with Gasteiger partial charge in [0.05, 0.1) is 47.9 Å². The molecule has 318 valence electrons. The molecule has 14 nitrogen and oxygen atoms in total. The van der Waals surface area contributed by atoms with Crippen molar-refractivity contribution in [3.05, 3.63) is 77.9 Å². The van der Waals surface area contributed by atoms with Crippen molar-refractivity contribution in [2.24, 2.45) is 11.8 Å². The lowest BCUT2D eigenvalue weighted by Gasteiger charge is -2.29. The maximum absolute atomic E-state index is 13.7. The topological polar surface area (TPSA) is 164 Å². The van der Waals surface area contributed by atoms with E-state index in [1.165, 1.54) is 7.11 Å². The Balaban J connectivity index is 0.972. The number of aromatic nitrogens is 4. The van der Waals surface area contributed by atoms with E-state index in [0.29, 0.717) is 26.3 Å². The first kappa shape index (κ1) is 40.3. The molecule has 2 saturated heterocycles. The predicted molar refractivity (Wildman–Crippen MR) is 232 cm³/mol. The third-order valence-corrected chi connectivity index (χ3v) is 12.2. The second-order valence-corrected chi connectivity index (χ2v) is 17.9. The van der Waals surface area contributed by atoms with Crippen LogP contribution in [0.5, 0.6) is 5.75 Å². The minimum absolute atomic E-state index is 0.110. The van der Waals surface area contributed by atoms with Crippen LogP contribution in [0.25, 0.3) is 55.1 Å². The summed E-state index contributed by atoms with van der Waals surface area (Å²) in [5, 5.41) is 4.77. The first-order valence-corrected chi connectivity index (χ1v) is 21.1. The Kier molecular flexibility index (Phi) is 10.4. The van der Waals surface area contributed by atoms with Crippen molar-refractivity contribution in [2.45, 2.75) is 84.2 Å². The lowest BCUT2D eigenvalue weighted by molar-refractivity contribution is -0.135. The van der Waals surface area contributed by atoms with Gasteiger partial charge in [0.1, 0.15) is 35.6 Å². The Bertz CT molecular complexity index is 2680. The molecule has 3 N–H and O–H groups in total. The SMILES string of the molecule is COC[C@H]1C[C@@H](c2nc3ccc4cc5c(cc4c3[nH]2)OCc2cc(-c3ccc4nc([C@@H]6CCCN6C(=O)[C@@H](NC(=O)OC)C(C)C)[nH]c4c3)ccc2-5)N(C(=O)OC(C)(C)C)C1. The molecule has 5 heterocycles. The quantitative estimate of drug-likeness (QED) is 0.136. The average molecular weight is 828 g/mol. The van der Waals surface area contributed by atoms with Crippen LogP contribution in [0, 0.1) is 11.8 Å². The average Bonchev–Trinajstić information content (AvgIpc) is 4.06. The number of carbonyl (C=O) groups excluding carboxylic acids is 3. The van der Waals surface area contributed by atoms with E-state index >= 15 is 0 Å². The number of hydrogen-bond donors (Lipinski definition) is 3. The lowest BCUT2D eigenvalue weighted by Crippen LogP contribution is -2.51. The number of aromatic amines is 2. The van der Waals surface area contributed by atoms with E-state index < -0.39 is 17.7 Å². The number of fused-ring (bicyclic) bond motifs is 7. The van der Waals surface area contributed by atoms with Gasteiger partial charge in [-0.05, 0) is 110 Å². The van der Waals surface area contributed by atoms with Crippen LogP contribution in [0.1, 0.15) is 83.2 Å². The van der Waals surface area contributed by atoms with Crippen LogP contribution in [0.3, 0.4) is 0 Å². The molecule has 4 aromatic carbocycles. The number of alkyl carbamates (subject to hydrolysis) is 1. The van der Waals surface area contributed by atoms with E-state index in [1.54, 1.807) is 12.0 Å². The van der Waals surface area contributed by atoms with E-state index in [4.69, 9.17) is 28.9 Å². The van der Waals surface area contributed by atoms with Gasteiger partial charge in [-0.2, -0.15) is 0 Å². The zero-order valence-electron chi connectivity index (χ0n) is 35.8. The minimum Gasteiger partial charge on any atom is -0.488 e. The van der Waals surface area contributed by atoms with Gasteiger partial charge in [0.25, 0.3) is 0 Å². The highest BCUT2D eigenvalue weighted by atomic mass is 16.6. The lowest BCUT2D eigenvalue weighted by atomic mass is 9.91. The Labute approximate surface area is 354 Å². The molecule has 14 heteroatoms. The third kappa shape index (κ3) is 7.62. The molecule has 0 saturated carbocycles. The summed E-state index contributed by atoms with van der Waals surface area (Å²) in [4.78, 5) is 59.7. The molecule has 2 fully saturated rings. The van der Waals surface area contributed by atoms with Gasteiger partial charge in [0.2, 0.25) is 5.91 Å². The number of nitrogens with zero attached hydrogens (tertiary/aromatic N) is 4. The summed E-state index contributed by atoms with van der Waals surface area (Å²) < 4.78 is 22.5. The van der Waals surface area contributed by atoms with Crippen LogP contribution in [0.15, 0.2) is 60.7 Å². The van der Waals surface area contributed by atoms with E-state index in [0.717, 1.165) is 97.3 Å². The second-order valence-electron chi connectivity index (χ2n) is 17.9. The van der Waals surface area contributed by atoms with Crippen LogP contribution in [0.4, 0.5) is 9.59 Å². The number of methoxy groups -OCH3 is 2. The third-order valence-electron chi connectivity index (χ3n) is 12.2. The molecule has 6 aromatic rings. The van der Waals surface area contributed by atoms with Gasteiger partial charge in [0, 0.05) is 37.1 Å². The van der Waals surface area contributed by atoms with Crippen LogP contribution in [-0.4, -0.2) is 93.4 Å². The van der Waals surface area contributed by atoms with Crippen LogP contribution < -0.4 is 10.1 Å². The number of likely N-dealkylation sites (tertiary alicyclic amines) is 2. The Morgan fingerprint density at radius 2 is 1.66 bits per heavy atom. The number of imidazole rings is 2. The molecule has 4 atom stereocenters. The van der Waals surface area contributed by atoms with Gasteiger partial charge in [-0.1, -0.05) is 38.1 Å². The Morgan fingerprint density at radius 1 is 0.902 bits per heavy atom. The first-order chi connectivity index (χ1) is 29.3. The van der Waals surface area contributed by atoms with Crippen molar-refractivity contribution in [1.29, 1.82) is 0 Å². The molecule has 0 radical (unpaired) electrons.